The Labute approximate surface area is 303 Å². The van der Waals surface area contributed by atoms with Crippen molar-refractivity contribution in [3.63, 3.8) is 0 Å². The number of ether oxygens (including phenoxy) is 3. The van der Waals surface area contributed by atoms with E-state index in [0.717, 1.165) is 88.2 Å². The fourth-order valence-electron chi connectivity index (χ4n) is 6.30. The molecule has 0 atom stereocenters. The van der Waals surface area contributed by atoms with E-state index in [-0.39, 0.29) is 12.4 Å². The molecule has 5 aromatic carbocycles. The number of aliphatic hydroxyl groups excluding tert-OH is 1. The summed E-state index contributed by atoms with van der Waals surface area (Å²) in [4.78, 5) is 19.9. The smallest absolute Gasteiger partial charge is 0.195 e. The van der Waals surface area contributed by atoms with Crippen molar-refractivity contribution in [1.82, 2.24) is 9.80 Å². The number of benzene rings is 5. The van der Waals surface area contributed by atoms with Crippen LogP contribution in [0.15, 0.2) is 127 Å². The normalized spacial score (nSPS) is 13.7. The number of hydrogen-bond acceptors (Lipinski definition) is 8. The van der Waals surface area contributed by atoms with Gasteiger partial charge in [-0.2, -0.15) is 0 Å². The number of thiophene rings is 1. The molecule has 2 heterocycles. The molecule has 0 unspecified atom stereocenters. The lowest BCUT2D eigenvalue weighted by atomic mass is 9.97. The lowest BCUT2D eigenvalue weighted by Crippen LogP contribution is -2.48. The van der Waals surface area contributed by atoms with E-state index in [1.165, 1.54) is 0 Å². The van der Waals surface area contributed by atoms with Crippen molar-refractivity contribution < 1.29 is 24.1 Å². The molecule has 0 bridgehead atoms. The quantitative estimate of drug-likeness (QED) is 0.109. The molecule has 1 fully saturated rings. The van der Waals surface area contributed by atoms with Gasteiger partial charge in [0.2, 0.25) is 0 Å². The molecular formula is C43H42N2O5S. The maximum atomic E-state index is 14.3. The average Bonchev–Trinajstić information content (AvgIpc) is 3.57. The van der Waals surface area contributed by atoms with Gasteiger partial charge in [-0.25, -0.2) is 0 Å². The van der Waals surface area contributed by atoms with Crippen LogP contribution in [0.2, 0.25) is 0 Å². The van der Waals surface area contributed by atoms with Gasteiger partial charge in [0.15, 0.2) is 5.78 Å². The van der Waals surface area contributed by atoms with Crippen LogP contribution in [0.4, 0.5) is 0 Å². The number of rotatable bonds is 15. The predicted octanol–water partition coefficient (Wildman–Crippen LogP) is 7.95. The second kappa shape index (κ2) is 16.8. The molecular weight excluding hydrogens is 657 g/mol. The van der Waals surface area contributed by atoms with Crippen LogP contribution in [0.25, 0.3) is 20.5 Å². The summed E-state index contributed by atoms with van der Waals surface area (Å²) in [6.07, 6.45) is 0. The second-order valence-electron chi connectivity index (χ2n) is 12.6. The van der Waals surface area contributed by atoms with Crippen LogP contribution in [0.1, 0.15) is 27.0 Å². The highest BCUT2D eigenvalue weighted by Crippen LogP contribution is 2.42. The van der Waals surface area contributed by atoms with Crippen molar-refractivity contribution in [3.05, 3.63) is 150 Å². The van der Waals surface area contributed by atoms with Gasteiger partial charge in [0.1, 0.15) is 37.1 Å². The Morgan fingerprint density at radius 3 is 1.80 bits per heavy atom. The predicted molar refractivity (Wildman–Crippen MR) is 204 cm³/mol. The first-order valence-corrected chi connectivity index (χ1v) is 18.3. The van der Waals surface area contributed by atoms with Crippen LogP contribution in [0.3, 0.4) is 0 Å². The van der Waals surface area contributed by atoms with Gasteiger partial charge in [-0.05, 0) is 83.4 Å². The first kappa shape index (κ1) is 34.5. The van der Waals surface area contributed by atoms with Crippen molar-refractivity contribution >= 4 is 27.2 Å². The number of nitrogens with zero attached hydrogens (tertiary/aromatic N) is 2. The zero-order valence-corrected chi connectivity index (χ0v) is 29.4. The lowest BCUT2D eigenvalue weighted by molar-refractivity contribution is 0.101. The summed E-state index contributed by atoms with van der Waals surface area (Å²) in [6, 6.07) is 41.6. The van der Waals surface area contributed by atoms with Gasteiger partial charge in [0, 0.05) is 65.4 Å². The molecule has 0 saturated carbocycles. The molecule has 0 spiro atoms. The maximum Gasteiger partial charge on any atom is 0.195 e. The number of ketones is 1. The summed E-state index contributed by atoms with van der Waals surface area (Å²) in [6.45, 7) is 7.17. The summed E-state index contributed by atoms with van der Waals surface area (Å²) < 4.78 is 19.3. The van der Waals surface area contributed by atoms with Gasteiger partial charge in [0.05, 0.1) is 6.61 Å². The van der Waals surface area contributed by atoms with Gasteiger partial charge in [-0.1, -0.05) is 60.7 Å². The van der Waals surface area contributed by atoms with Gasteiger partial charge < -0.3 is 19.3 Å². The van der Waals surface area contributed by atoms with Crippen LogP contribution in [-0.4, -0.2) is 73.2 Å². The van der Waals surface area contributed by atoms with E-state index in [1.54, 1.807) is 11.3 Å². The molecule has 1 N–H and O–H groups in total. The lowest BCUT2D eigenvalue weighted by Gasteiger charge is -2.34. The Hall–Kier alpha value is -4.99. The zero-order chi connectivity index (χ0) is 34.8. The summed E-state index contributed by atoms with van der Waals surface area (Å²) in [5.41, 5.74) is 4.44. The molecule has 51 heavy (non-hydrogen) atoms. The number of aliphatic hydroxyl groups is 1. The monoisotopic (exact) mass is 698 g/mol. The van der Waals surface area contributed by atoms with Crippen LogP contribution >= 0.6 is 11.3 Å². The Kier molecular flexibility index (Phi) is 11.4. The zero-order valence-electron chi connectivity index (χ0n) is 28.6. The highest BCUT2D eigenvalue weighted by Gasteiger charge is 2.23. The largest absolute Gasteiger partial charge is 0.492 e. The Bertz CT molecular complexity index is 2010. The van der Waals surface area contributed by atoms with E-state index >= 15 is 0 Å². The molecule has 0 radical (unpaired) electrons. The SMILES string of the molecule is O=C(c1ccc(OCCN2CCN(CCO)CC2)cc1)c1c(-c2ccc(OCc3ccccc3)cc2)sc2cc(OCc3ccccc3)ccc12. The van der Waals surface area contributed by atoms with Crippen LogP contribution in [-0.2, 0) is 13.2 Å². The van der Waals surface area contributed by atoms with Gasteiger partial charge >= 0.3 is 0 Å². The van der Waals surface area contributed by atoms with E-state index in [0.29, 0.717) is 30.9 Å². The Morgan fingerprint density at radius 2 is 1.18 bits per heavy atom. The minimum Gasteiger partial charge on any atom is -0.492 e. The van der Waals surface area contributed by atoms with Gasteiger partial charge in [-0.15, -0.1) is 11.3 Å². The highest BCUT2D eigenvalue weighted by molar-refractivity contribution is 7.22. The van der Waals surface area contributed by atoms with Crippen molar-refractivity contribution in [2.75, 3.05) is 52.5 Å². The first-order chi connectivity index (χ1) is 25.1. The molecule has 8 heteroatoms. The standard InChI is InChI=1S/C43H42N2O5S/c46-27-25-44-21-23-45(24-22-44)26-28-48-36-15-11-34(12-16-36)42(47)41-39-20-19-38(50-31-33-9-5-2-6-10-33)29-40(39)51-43(41)35-13-17-37(18-14-35)49-30-32-7-3-1-4-8-32/h1-20,29,46H,21-28,30-31H2. The first-order valence-electron chi connectivity index (χ1n) is 17.5. The minimum absolute atomic E-state index is 0.0362. The third kappa shape index (κ3) is 8.85. The van der Waals surface area contributed by atoms with Crippen LogP contribution in [0, 0.1) is 0 Å². The second-order valence-corrected chi connectivity index (χ2v) is 13.7. The van der Waals surface area contributed by atoms with Crippen LogP contribution in [0.5, 0.6) is 17.2 Å². The molecule has 6 aromatic rings. The van der Waals surface area contributed by atoms with E-state index < -0.39 is 0 Å². The molecule has 0 aliphatic carbocycles. The minimum atomic E-state index is -0.0362. The highest BCUT2D eigenvalue weighted by atomic mass is 32.1. The number of piperazine rings is 1. The molecule has 1 aromatic heterocycles. The summed E-state index contributed by atoms with van der Waals surface area (Å²) in [5, 5.41) is 10.1. The fourth-order valence-corrected chi connectivity index (χ4v) is 7.53. The molecule has 1 saturated heterocycles. The van der Waals surface area contributed by atoms with Gasteiger partial charge in [0.25, 0.3) is 0 Å². The third-order valence-corrected chi connectivity index (χ3v) is 10.4. The summed E-state index contributed by atoms with van der Waals surface area (Å²) in [7, 11) is 0. The number of carbonyl (C=O) groups excluding carboxylic acids is 1. The number of hydrogen-bond donors (Lipinski definition) is 1. The van der Waals surface area contributed by atoms with Crippen molar-refractivity contribution in [1.29, 1.82) is 0 Å². The van der Waals surface area contributed by atoms with Crippen molar-refractivity contribution in [2.45, 2.75) is 13.2 Å². The fraction of sp³-hybridized carbons (Fsp3) is 0.233. The molecule has 1 aliphatic rings. The molecule has 1 aliphatic heterocycles. The summed E-state index contributed by atoms with van der Waals surface area (Å²) >= 11 is 1.60. The Balaban J connectivity index is 1.08. The number of fused-ring (bicyclic) bond motifs is 1. The van der Waals surface area contributed by atoms with Crippen molar-refractivity contribution in [2.24, 2.45) is 0 Å². The van der Waals surface area contributed by atoms with E-state index in [9.17, 15) is 9.90 Å². The van der Waals surface area contributed by atoms with E-state index in [2.05, 4.69) is 9.80 Å². The Morgan fingerprint density at radius 1 is 0.627 bits per heavy atom. The van der Waals surface area contributed by atoms with Crippen molar-refractivity contribution in [3.8, 4) is 27.7 Å². The molecule has 260 valence electrons. The number of β-amino-alcohol motifs (C(OH)–C–C–N with tert-alkyl or cyclic N) is 1. The number of carbonyl (C=O) groups is 1. The summed E-state index contributed by atoms with van der Waals surface area (Å²) in [5.74, 6) is 2.24. The molecule has 7 nitrogen and oxygen atoms in total. The van der Waals surface area contributed by atoms with E-state index in [1.807, 2.05) is 127 Å². The molecule has 7 rings (SSSR count). The van der Waals surface area contributed by atoms with E-state index in [4.69, 9.17) is 14.2 Å². The molecule has 0 amide bonds. The topological polar surface area (TPSA) is 71.5 Å². The maximum absolute atomic E-state index is 14.3. The van der Waals surface area contributed by atoms with Crippen LogP contribution < -0.4 is 14.2 Å². The average molecular weight is 699 g/mol. The van der Waals surface area contributed by atoms with Gasteiger partial charge in [-0.3, -0.25) is 14.6 Å². The third-order valence-electron chi connectivity index (χ3n) is 9.18.